The number of nitrogens with zero attached hydrogens (tertiary/aromatic N) is 1. The fourth-order valence-electron chi connectivity index (χ4n) is 3.18. The zero-order chi connectivity index (χ0) is 21.1. The average molecular weight is 413 g/mol. The minimum absolute atomic E-state index is 0.0662. The Hall–Kier alpha value is -2.89. The highest BCUT2D eigenvalue weighted by Crippen LogP contribution is 2.47. The van der Waals surface area contributed by atoms with Crippen LogP contribution in [-0.2, 0) is 20.2 Å². The first-order valence-electron chi connectivity index (χ1n) is 9.17. The molecule has 1 unspecified atom stereocenters. The average Bonchev–Trinajstić information content (AvgIpc) is 3.48. The van der Waals surface area contributed by atoms with Crippen LogP contribution >= 0.6 is 0 Å². The molecule has 152 valence electrons. The van der Waals surface area contributed by atoms with Crippen LogP contribution in [0.4, 0.5) is 5.69 Å². The van der Waals surface area contributed by atoms with E-state index in [1.165, 1.54) is 0 Å². The summed E-state index contributed by atoms with van der Waals surface area (Å²) in [5.41, 5.74) is 1.83. The van der Waals surface area contributed by atoms with Gasteiger partial charge in [-0.3, -0.25) is 4.79 Å². The minimum atomic E-state index is -3.52. The van der Waals surface area contributed by atoms with Gasteiger partial charge < -0.3 is 10.1 Å². The normalized spacial score (nSPS) is 15.8. The third-order valence-electron chi connectivity index (χ3n) is 4.95. The molecule has 8 heteroatoms. The number of rotatable bonds is 8. The fraction of sp³-hybridized carbons (Fsp3) is 0.333. The monoisotopic (exact) mass is 413 g/mol. The molecule has 1 aliphatic carbocycles. The van der Waals surface area contributed by atoms with Gasteiger partial charge in [-0.2, -0.15) is 5.26 Å². The van der Waals surface area contributed by atoms with Crippen molar-refractivity contribution in [3.05, 3.63) is 59.7 Å². The van der Waals surface area contributed by atoms with Crippen molar-refractivity contribution in [2.75, 3.05) is 18.7 Å². The number of carbonyl (C=O) groups excluding carboxylic acids is 1. The van der Waals surface area contributed by atoms with Gasteiger partial charge in [0.1, 0.15) is 5.75 Å². The summed E-state index contributed by atoms with van der Waals surface area (Å²) in [6.07, 6.45) is 2.71. The van der Waals surface area contributed by atoms with Gasteiger partial charge in [-0.15, -0.1) is 0 Å². The van der Waals surface area contributed by atoms with Crippen LogP contribution in [0.25, 0.3) is 0 Å². The molecule has 1 aliphatic rings. The summed E-state index contributed by atoms with van der Waals surface area (Å²) in [6, 6.07) is 15.7. The molecule has 1 amide bonds. The first kappa shape index (κ1) is 20.8. The van der Waals surface area contributed by atoms with Crippen molar-refractivity contribution in [2.45, 2.75) is 30.7 Å². The van der Waals surface area contributed by atoms with Gasteiger partial charge in [0, 0.05) is 12.1 Å². The van der Waals surface area contributed by atoms with Crippen LogP contribution in [0, 0.1) is 11.3 Å². The highest BCUT2D eigenvalue weighted by atomic mass is 32.2. The Labute approximate surface area is 170 Å². The SMILES string of the molecule is COc1ccc(C(CC(=O)Nc2ccc(C3(C#N)CC3)cc2)NS(C)(=O)=O)cc1. The molecule has 1 fully saturated rings. The summed E-state index contributed by atoms with van der Waals surface area (Å²) in [4.78, 5) is 12.5. The van der Waals surface area contributed by atoms with Gasteiger partial charge in [0.2, 0.25) is 15.9 Å². The van der Waals surface area contributed by atoms with Gasteiger partial charge >= 0.3 is 0 Å². The van der Waals surface area contributed by atoms with Crippen LogP contribution < -0.4 is 14.8 Å². The summed E-state index contributed by atoms with van der Waals surface area (Å²) >= 11 is 0. The first-order valence-corrected chi connectivity index (χ1v) is 11.1. The smallest absolute Gasteiger partial charge is 0.226 e. The maximum atomic E-state index is 12.5. The molecule has 29 heavy (non-hydrogen) atoms. The van der Waals surface area contributed by atoms with E-state index >= 15 is 0 Å². The molecule has 2 N–H and O–H groups in total. The summed E-state index contributed by atoms with van der Waals surface area (Å²) in [5, 5.41) is 12.1. The predicted octanol–water partition coefficient (Wildman–Crippen LogP) is 2.87. The van der Waals surface area contributed by atoms with E-state index in [9.17, 15) is 18.5 Å². The third kappa shape index (κ3) is 5.34. The van der Waals surface area contributed by atoms with E-state index in [4.69, 9.17) is 4.74 Å². The minimum Gasteiger partial charge on any atom is -0.497 e. The summed E-state index contributed by atoms with van der Waals surface area (Å²) in [6.45, 7) is 0. The summed E-state index contributed by atoms with van der Waals surface area (Å²) < 4.78 is 31.1. The zero-order valence-electron chi connectivity index (χ0n) is 16.3. The number of hydrogen-bond donors (Lipinski definition) is 2. The lowest BCUT2D eigenvalue weighted by Gasteiger charge is -2.18. The Morgan fingerprint density at radius 1 is 1.17 bits per heavy atom. The largest absolute Gasteiger partial charge is 0.497 e. The van der Waals surface area contributed by atoms with Crippen LogP contribution in [0.5, 0.6) is 5.75 Å². The topological polar surface area (TPSA) is 108 Å². The molecule has 2 aromatic rings. The van der Waals surface area contributed by atoms with E-state index in [1.54, 1.807) is 43.5 Å². The van der Waals surface area contributed by atoms with E-state index in [2.05, 4.69) is 16.1 Å². The van der Waals surface area contributed by atoms with E-state index in [0.717, 1.165) is 24.7 Å². The molecule has 0 saturated heterocycles. The number of benzene rings is 2. The van der Waals surface area contributed by atoms with Gasteiger partial charge in [0.25, 0.3) is 0 Å². The van der Waals surface area contributed by atoms with Crippen molar-refractivity contribution >= 4 is 21.6 Å². The predicted molar refractivity (Wildman–Crippen MR) is 110 cm³/mol. The standard InChI is InChI=1S/C21H23N3O4S/c1-28-18-9-3-15(4-10-18)19(24-29(2,26)27)13-20(25)23-17-7-5-16(6-8-17)21(14-22)11-12-21/h3-10,19,24H,11-13H2,1-2H3,(H,23,25). The van der Waals surface area contributed by atoms with E-state index in [-0.39, 0.29) is 17.7 Å². The zero-order valence-corrected chi connectivity index (χ0v) is 17.1. The van der Waals surface area contributed by atoms with Crippen molar-refractivity contribution in [3.8, 4) is 11.8 Å². The molecule has 0 aliphatic heterocycles. The molecular formula is C21H23N3O4S. The maximum absolute atomic E-state index is 12.5. The van der Waals surface area contributed by atoms with Crippen LogP contribution in [0.15, 0.2) is 48.5 Å². The second kappa shape index (κ2) is 8.23. The van der Waals surface area contributed by atoms with Crippen LogP contribution in [0.1, 0.15) is 36.4 Å². The Kier molecular flexibility index (Phi) is 5.91. The second-order valence-electron chi connectivity index (χ2n) is 7.24. The Bertz CT molecular complexity index is 1020. The molecule has 7 nitrogen and oxygen atoms in total. The molecule has 0 bridgehead atoms. The number of methoxy groups -OCH3 is 1. The fourth-order valence-corrected chi connectivity index (χ4v) is 3.92. The lowest BCUT2D eigenvalue weighted by Crippen LogP contribution is -2.30. The number of nitriles is 1. The number of anilines is 1. The van der Waals surface area contributed by atoms with Crippen molar-refractivity contribution in [1.82, 2.24) is 4.72 Å². The second-order valence-corrected chi connectivity index (χ2v) is 9.02. The number of carbonyl (C=O) groups is 1. The van der Waals surface area contributed by atoms with Crippen molar-refractivity contribution in [1.29, 1.82) is 5.26 Å². The number of sulfonamides is 1. The molecule has 1 atom stereocenters. The Morgan fingerprint density at radius 2 is 1.79 bits per heavy atom. The van der Waals surface area contributed by atoms with Gasteiger partial charge in [0.05, 0.1) is 30.9 Å². The highest BCUT2D eigenvalue weighted by molar-refractivity contribution is 7.88. The molecule has 0 spiro atoms. The third-order valence-corrected chi connectivity index (χ3v) is 5.66. The Morgan fingerprint density at radius 3 is 2.28 bits per heavy atom. The van der Waals surface area contributed by atoms with E-state index in [1.807, 2.05) is 12.1 Å². The first-order chi connectivity index (χ1) is 13.7. The Balaban J connectivity index is 1.70. The number of amides is 1. The van der Waals surface area contributed by atoms with Crippen LogP contribution in [-0.4, -0.2) is 27.7 Å². The van der Waals surface area contributed by atoms with Gasteiger partial charge in [0.15, 0.2) is 0 Å². The van der Waals surface area contributed by atoms with Crippen LogP contribution in [0.2, 0.25) is 0 Å². The van der Waals surface area contributed by atoms with Crippen LogP contribution in [0.3, 0.4) is 0 Å². The molecule has 2 aromatic carbocycles. The van der Waals surface area contributed by atoms with Gasteiger partial charge in [-0.05, 0) is 48.2 Å². The maximum Gasteiger partial charge on any atom is 0.226 e. The van der Waals surface area contributed by atoms with Crippen molar-refractivity contribution < 1.29 is 17.9 Å². The lowest BCUT2D eigenvalue weighted by molar-refractivity contribution is -0.116. The summed E-state index contributed by atoms with van der Waals surface area (Å²) in [7, 11) is -1.97. The number of ether oxygens (including phenoxy) is 1. The molecular weight excluding hydrogens is 390 g/mol. The van der Waals surface area contributed by atoms with Crippen molar-refractivity contribution in [3.63, 3.8) is 0 Å². The highest BCUT2D eigenvalue weighted by Gasteiger charge is 2.44. The number of nitrogens with one attached hydrogen (secondary N) is 2. The van der Waals surface area contributed by atoms with Gasteiger partial charge in [-0.1, -0.05) is 24.3 Å². The number of hydrogen-bond acceptors (Lipinski definition) is 5. The summed E-state index contributed by atoms with van der Waals surface area (Å²) in [5.74, 6) is 0.318. The molecule has 0 aromatic heterocycles. The quantitative estimate of drug-likeness (QED) is 0.692. The molecule has 1 saturated carbocycles. The molecule has 0 radical (unpaired) electrons. The molecule has 3 rings (SSSR count). The molecule has 0 heterocycles. The lowest BCUT2D eigenvalue weighted by atomic mass is 9.97. The van der Waals surface area contributed by atoms with E-state index < -0.39 is 16.1 Å². The van der Waals surface area contributed by atoms with E-state index in [0.29, 0.717) is 17.0 Å². The van der Waals surface area contributed by atoms with Crippen molar-refractivity contribution in [2.24, 2.45) is 0 Å². The van der Waals surface area contributed by atoms with Gasteiger partial charge in [-0.25, -0.2) is 13.1 Å².